The van der Waals surface area contributed by atoms with Gasteiger partial charge in [0.2, 0.25) is 0 Å². The molecular weight excluding hydrogens is 285 g/mol. The van der Waals surface area contributed by atoms with Crippen molar-refractivity contribution in [2.75, 3.05) is 0 Å². The van der Waals surface area contributed by atoms with Crippen LogP contribution in [0, 0.1) is 5.82 Å². The fraction of sp³-hybridized carbons (Fsp3) is 0.308. The van der Waals surface area contributed by atoms with Gasteiger partial charge in [-0.2, -0.15) is 0 Å². The topological polar surface area (TPSA) is 68.0 Å². The van der Waals surface area contributed by atoms with Crippen LogP contribution in [-0.2, 0) is 5.41 Å². The number of aromatic nitrogens is 3. The summed E-state index contributed by atoms with van der Waals surface area (Å²) in [5, 5.41) is 13.0. The maximum Gasteiger partial charge on any atom is 0.375 e. The van der Waals surface area contributed by atoms with Gasteiger partial charge in [0, 0.05) is 5.41 Å². The van der Waals surface area contributed by atoms with Crippen LogP contribution in [-0.4, -0.2) is 25.8 Å². The van der Waals surface area contributed by atoms with E-state index in [-0.39, 0.29) is 10.7 Å². The van der Waals surface area contributed by atoms with Crippen LogP contribution in [0.3, 0.4) is 0 Å². The molecule has 5 nitrogen and oxygen atoms in total. The lowest BCUT2D eigenvalue weighted by Gasteiger charge is -2.19. The van der Waals surface area contributed by atoms with E-state index < -0.39 is 23.0 Å². The Hall–Kier alpha value is -1.95. The van der Waals surface area contributed by atoms with Crippen molar-refractivity contribution >= 4 is 17.6 Å². The first-order chi connectivity index (χ1) is 9.21. The summed E-state index contributed by atoms with van der Waals surface area (Å²) in [6, 6.07) is 4.21. The van der Waals surface area contributed by atoms with Gasteiger partial charge >= 0.3 is 5.97 Å². The highest BCUT2D eigenvalue weighted by Crippen LogP contribution is 2.28. The molecule has 106 valence electrons. The highest BCUT2D eigenvalue weighted by molar-refractivity contribution is 6.32. The van der Waals surface area contributed by atoms with Crippen LogP contribution in [0.25, 0.3) is 5.69 Å². The Morgan fingerprint density at radius 3 is 2.55 bits per heavy atom. The van der Waals surface area contributed by atoms with E-state index in [1.54, 1.807) is 0 Å². The van der Waals surface area contributed by atoms with Gasteiger partial charge < -0.3 is 5.11 Å². The standard InChI is InChI=1S/C13H13ClFN3O2/c1-13(2,3)12-16-10(11(19)20)17-18(12)9-7(14)5-4-6-8(9)15/h4-6H,1-3H3,(H,19,20). The zero-order valence-electron chi connectivity index (χ0n) is 11.2. The molecule has 0 radical (unpaired) electrons. The van der Waals surface area contributed by atoms with Gasteiger partial charge in [-0.25, -0.2) is 18.9 Å². The molecule has 2 rings (SSSR count). The lowest BCUT2D eigenvalue weighted by Crippen LogP contribution is -2.19. The third-order valence-corrected chi connectivity index (χ3v) is 2.92. The van der Waals surface area contributed by atoms with Gasteiger partial charge in [0.15, 0.2) is 0 Å². The van der Waals surface area contributed by atoms with Crippen LogP contribution in [0.2, 0.25) is 5.02 Å². The van der Waals surface area contributed by atoms with Crippen LogP contribution in [0.1, 0.15) is 37.2 Å². The van der Waals surface area contributed by atoms with E-state index >= 15 is 0 Å². The number of aromatic carboxylic acids is 1. The highest BCUT2D eigenvalue weighted by Gasteiger charge is 2.28. The van der Waals surface area contributed by atoms with E-state index in [9.17, 15) is 9.18 Å². The Balaban J connectivity index is 2.76. The maximum atomic E-state index is 14.0. The number of carboxylic acid groups (broad SMARTS) is 1. The number of carboxylic acids is 1. The van der Waals surface area contributed by atoms with E-state index in [0.29, 0.717) is 5.82 Å². The number of rotatable bonds is 2. The number of carbonyl (C=O) groups is 1. The molecule has 0 saturated heterocycles. The van der Waals surface area contributed by atoms with Gasteiger partial charge in [-0.05, 0) is 12.1 Å². The van der Waals surface area contributed by atoms with Crippen LogP contribution in [0.4, 0.5) is 4.39 Å². The van der Waals surface area contributed by atoms with E-state index in [0.717, 1.165) is 4.68 Å². The number of hydrogen-bond acceptors (Lipinski definition) is 3. The zero-order chi connectivity index (χ0) is 15.1. The number of nitrogens with zero attached hydrogens (tertiary/aromatic N) is 3. The molecule has 0 aliphatic rings. The molecule has 0 aliphatic heterocycles. The summed E-state index contributed by atoms with van der Waals surface area (Å²) >= 11 is 6.00. The average Bonchev–Trinajstić information content (AvgIpc) is 2.73. The summed E-state index contributed by atoms with van der Waals surface area (Å²) in [5.41, 5.74) is -0.522. The Morgan fingerprint density at radius 1 is 1.40 bits per heavy atom. The molecule has 0 amide bonds. The third-order valence-electron chi connectivity index (χ3n) is 2.62. The third kappa shape index (κ3) is 2.51. The second kappa shape index (κ2) is 4.86. The normalized spacial score (nSPS) is 11.7. The molecule has 0 unspecified atom stereocenters. The molecular formula is C13H13ClFN3O2. The second-order valence-corrected chi connectivity index (χ2v) is 5.70. The molecule has 0 spiro atoms. The van der Waals surface area contributed by atoms with Crippen molar-refractivity contribution in [1.82, 2.24) is 14.8 Å². The lowest BCUT2D eigenvalue weighted by molar-refractivity contribution is 0.0683. The molecule has 0 bridgehead atoms. The quantitative estimate of drug-likeness (QED) is 0.925. The number of hydrogen-bond donors (Lipinski definition) is 1. The maximum absolute atomic E-state index is 14.0. The smallest absolute Gasteiger partial charge is 0.375 e. The number of benzene rings is 1. The predicted octanol–water partition coefficient (Wildman–Crippen LogP) is 3.06. The van der Waals surface area contributed by atoms with Crippen LogP contribution >= 0.6 is 11.6 Å². The van der Waals surface area contributed by atoms with Gasteiger partial charge in [-0.15, -0.1) is 5.10 Å². The van der Waals surface area contributed by atoms with Gasteiger partial charge in [0.25, 0.3) is 5.82 Å². The van der Waals surface area contributed by atoms with Gasteiger partial charge in [0.1, 0.15) is 17.3 Å². The van der Waals surface area contributed by atoms with Crippen LogP contribution < -0.4 is 0 Å². The van der Waals surface area contributed by atoms with Crippen molar-refractivity contribution in [3.63, 3.8) is 0 Å². The van der Waals surface area contributed by atoms with Crippen LogP contribution in [0.5, 0.6) is 0 Å². The van der Waals surface area contributed by atoms with Crippen molar-refractivity contribution < 1.29 is 14.3 Å². The SMILES string of the molecule is CC(C)(C)c1nc(C(=O)O)nn1-c1c(F)cccc1Cl. The molecule has 1 heterocycles. The molecule has 0 atom stereocenters. The second-order valence-electron chi connectivity index (χ2n) is 5.30. The van der Waals surface area contributed by atoms with Crippen molar-refractivity contribution in [2.45, 2.75) is 26.2 Å². The Morgan fingerprint density at radius 2 is 2.05 bits per heavy atom. The summed E-state index contributed by atoms with van der Waals surface area (Å²) in [4.78, 5) is 15.0. The summed E-state index contributed by atoms with van der Waals surface area (Å²) in [6.45, 7) is 5.48. The summed E-state index contributed by atoms with van der Waals surface area (Å²) < 4.78 is 15.1. The fourth-order valence-electron chi connectivity index (χ4n) is 1.74. The van der Waals surface area contributed by atoms with E-state index in [1.807, 2.05) is 20.8 Å². The zero-order valence-corrected chi connectivity index (χ0v) is 11.9. The molecule has 7 heteroatoms. The number of halogens is 2. The minimum Gasteiger partial charge on any atom is -0.475 e. The van der Waals surface area contributed by atoms with Gasteiger partial charge in [-0.1, -0.05) is 38.4 Å². The summed E-state index contributed by atoms with van der Waals surface area (Å²) in [6.07, 6.45) is 0. The van der Waals surface area contributed by atoms with E-state index in [4.69, 9.17) is 16.7 Å². The van der Waals surface area contributed by atoms with Crippen molar-refractivity contribution in [3.05, 3.63) is 40.7 Å². The van der Waals surface area contributed by atoms with Crippen LogP contribution in [0.15, 0.2) is 18.2 Å². The molecule has 2 aromatic rings. The molecule has 1 aromatic carbocycles. The average molecular weight is 298 g/mol. The van der Waals surface area contributed by atoms with E-state index in [1.165, 1.54) is 18.2 Å². The highest BCUT2D eigenvalue weighted by atomic mass is 35.5. The molecule has 0 fully saturated rings. The first kappa shape index (κ1) is 14.5. The Labute approximate surface area is 120 Å². The van der Waals surface area contributed by atoms with Gasteiger partial charge in [0.05, 0.1) is 5.02 Å². The Bertz CT molecular complexity index is 656. The van der Waals surface area contributed by atoms with Crippen molar-refractivity contribution in [1.29, 1.82) is 0 Å². The molecule has 1 N–H and O–H groups in total. The fourth-order valence-corrected chi connectivity index (χ4v) is 1.98. The molecule has 0 saturated carbocycles. The minimum absolute atomic E-state index is 0.000841. The number of para-hydroxylation sites is 1. The first-order valence-electron chi connectivity index (χ1n) is 5.87. The summed E-state index contributed by atoms with van der Waals surface area (Å²) in [7, 11) is 0. The molecule has 20 heavy (non-hydrogen) atoms. The Kier molecular flexibility index (Phi) is 3.52. The lowest BCUT2D eigenvalue weighted by atomic mass is 9.95. The predicted molar refractivity (Wildman–Crippen MR) is 72.0 cm³/mol. The van der Waals surface area contributed by atoms with Crippen molar-refractivity contribution in [2.24, 2.45) is 0 Å². The van der Waals surface area contributed by atoms with Gasteiger partial charge in [-0.3, -0.25) is 0 Å². The van der Waals surface area contributed by atoms with E-state index in [2.05, 4.69) is 10.1 Å². The summed E-state index contributed by atoms with van der Waals surface area (Å²) in [5.74, 6) is -1.94. The molecule has 0 aliphatic carbocycles. The van der Waals surface area contributed by atoms with Crippen molar-refractivity contribution in [3.8, 4) is 5.69 Å². The first-order valence-corrected chi connectivity index (χ1v) is 6.25. The minimum atomic E-state index is -1.28. The molecule has 1 aromatic heterocycles. The monoisotopic (exact) mass is 297 g/mol. The largest absolute Gasteiger partial charge is 0.475 e.